The van der Waals surface area contributed by atoms with Crippen LogP contribution in [0.15, 0.2) is 90.2 Å². The zero-order valence-electron chi connectivity index (χ0n) is 14.3. The van der Waals surface area contributed by atoms with E-state index in [4.69, 9.17) is 0 Å². The summed E-state index contributed by atoms with van der Waals surface area (Å²) in [5.41, 5.74) is 3.43. The quantitative estimate of drug-likeness (QED) is 0.563. The summed E-state index contributed by atoms with van der Waals surface area (Å²) in [6, 6.07) is 20.4. The van der Waals surface area contributed by atoms with Gasteiger partial charge in [0.15, 0.2) is 0 Å². The molecular weight excluding hydrogens is 336 g/mol. The molecule has 0 unspecified atom stereocenters. The molecule has 5 nitrogen and oxygen atoms in total. The van der Waals surface area contributed by atoms with Crippen LogP contribution in [0.25, 0.3) is 28.1 Å². The molecule has 4 rings (SSSR count). The lowest BCUT2D eigenvalue weighted by Gasteiger charge is -2.12. The molecule has 4 aromatic rings. The molecular formula is C22H14N4O. The summed E-state index contributed by atoms with van der Waals surface area (Å²) in [5, 5.41) is 9.46. The summed E-state index contributed by atoms with van der Waals surface area (Å²) in [6.07, 6.45) is 6.61. The van der Waals surface area contributed by atoms with Gasteiger partial charge in [0, 0.05) is 41.0 Å². The van der Waals surface area contributed by atoms with Crippen molar-refractivity contribution in [3.8, 4) is 34.1 Å². The minimum absolute atomic E-state index is 0.198. The van der Waals surface area contributed by atoms with Crippen molar-refractivity contribution in [1.82, 2.24) is 14.5 Å². The summed E-state index contributed by atoms with van der Waals surface area (Å²) in [7, 11) is 0. The van der Waals surface area contributed by atoms with Crippen molar-refractivity contribution in [1.29, 1.82) is 5.26 Å². The van der Waals surface area contributed by atoms with Gasteiger partial charge in [0.05, 0.1) is 23.5 Å². The minimum atomic E-state index is -0.198. The molecule has 0 saturated carbocycles. The Morgan fingerprint density at radius 2 is 1.70 bits per heavy atom. The third-order valence-corrected chi connectivity index (χ3v) is 4.25. The molecule has 2 heterocycles. The van der Waals surface area contributed by atoms with Crippen molar-refractivity contribution in [2.24, 2.45) is 0 Å². The van der Waals surface area contributed by atoms with E-state index in [1.165, 1.54) is 0 Å². The molecule has 5 heteroatoms. The zero-order valence-corrected chi connectivity index (χ0v) is 14.3. The number of benzene rings is 2. The Bertz CT molecular complexity index is 1190. The molecule has 0 aliphatic carbocycles. The van der Waals surface area contributed by atoms with Crippen LogP contribution >= 0.6 is 0 Å². The van der Waals surface area contributed by atoms with Crippen molar-refractivity contribution in [2.75, 3.05) is 0 Å². The van der Waals surface area contributed by atoms with E-state index in [0.717, 1.165) is 11.3 Å². The highest BCUT2D eigenvalue weighted by Crippen LogP contribution is 2.25. The standard InChI is InChI=1S/C22H14N4O/c23-13-16-6-4-5-9-19(16)20-12-17(21-14-24-10-11-25-21)15-26(22(20)27)18-7-2-1-3-8-18/h1-12,14-15H. The Labute approximate surface area is 155 Å². The van der Waals surface area contributed by atoms with Gasteiger partial charge in [0.25, 0.3) is 5.56 Å². The molecule has 27 heavy (non-hydrogen) atoms. The number of hydrogen-bond acceptors (Lipinski definition) is 4. The Morgan fingerprint density at radius 3 is 2.44 bits per heavy atom. The van der Waals surface area contributed by atoms with Gasteiger partial charge in [0.2, 0.25) is 0 Å². The van der Waals surface area contributed by atoms with Gasteiger partial charge in [-0.05, 0) is 24.3 Å². The zero-order chi connectivity index (χ0) is 18.6. The fourth-order valence-corrected chi connectivity index (χ4v) is 2.96. The molecule has 128 valence electrons. The van der Waals surface area contributed by atoms with Crippen LogP contribution in [0, 0.1) is 11.3 Å². The molecule has 2 aromatic heterocycles. The van der Waals surface area contributed by atoms with Crippen LogP contribution in [0.4, 0.5) is 0 Å². The maximum Gasteiger partial charge on any atom is 0.263 e. The van der Waals surface area contributed by atoms with Crippen LogP contribution in [0.2, 0.25) is 0 Å². The molecule has 0 spiro atoms. The summed E-state index contributed by atoms with van der Waals surface area (Å²) in [4.78, 5) is 21.7. The number of nitriles is 1. The molecule has 0 fully saturated rings. The Kier molecular flexibility index (Phi) is 4.30. The van der Waals surface area contributed by atoms with Crippen LogP contribution in [0.1, 0.15) is 5.56 Å². The first-order valence-corrected chi connectivity index (χ1v) is 8.36. The van der Waals surface area contributed by atoms with E-state index in [-0.39, 0.29) is 5.56 Å². The van der Waals surface area contributed by atoms with Gasteiger partial charge in [-0.25, -0.2) is 0 Å². The van der Waals surface area contributed by atoms with E-state index in [9.17, 15) is 10.1 Å². The Morgan fingerprint density at radius 1 is 0.926 bits per heavy atom. The molecule has 0 radical (unpaired) electrons. The SMILES string of the molecule is N#Cc1ccccc1-c1cc(-c2cnccn2)cn(-c2ccccc2)c1=O. The monoisotopic (exact) mass is 350 g/mol. The lowest BCUT2D eigenvalue weighted by atomic mass is 9.99. The number of aromatic nitrogens is 3. The molecule has 2 aromatic carbocycles. The topological polar surface area (TPSA) is 71.6 Å². The van der Waals surface area contributed by atoms with Gasteiger partial charge >= 0.3 is 0 Å². The number of rotatable bonds is 3. The maximum atomic E-state index is 13.2. The van der Waals surface area contributed by atoms with E-state index in [2.05, 4.69) is 16.0 Å². The van der Waals surface area contributed by atoms with E-state index in [1.54, 1.807) is 53.6 Å². The molecule has 0 N–H and O–H groups in total. The van der Waals surface area contributed by atoms with Crippen LogP contribution in [-0.4, -0.2) is 14.5 Å². The molecule has 0 aliphatic rings. The summed E-state index contributed by atoms with van der Waals surface area (Å²) >= 11 is 0. The minimum Gasteiger partial charge on any atom is -0.283 e. The smallest absolute Gasteiger partial charge is 0.263 e. The molecule has 0 amide bonds. The number of para-hydroxylation sites is 1. The highest BCUT2D eigenvalue weighted by molar-refractivity contribution is 5.74. The molecule has 0 bridgehead atoms. The first kappa shape index (κ1) is 16.4. The first-order chi connectivity index (χ1) is 13.3. The van der Waals surface area contributed by atoms with E-state index in [1.807, 2.05) is 36.4 Å². The van der Waals surface area contributed by atoms with Crippen molar-refractivity contribution < 1.29 is 0 Å². The summed E-state index contributed by atoms with van der Waals surface area (Å²) in [5.74, 6) is 0. The van der Waals surface area contributed by atoms with Gasteiger partial charge in [-0.3, -0.25) is 19.3 Å². The fourth-order valence-electron chi connectivity index (χ4n) is 2.96. The van der Waals surface area contributed by atoms with Gasteiger partial charge in [-0.15, -0.1) is 0 Å². The second kappa shape index (κ2) is 7.06. The Balaban J connectivity index is 2.04. The van der Waals surface area contributed by atoms with Gasteiger partial charge < -0.3 is 0 Å². The number of hydrogen-bond donors (Lipinski definition) is 0. The summed E-state index contributed by atoms with van der Waals surface area (Å²) in [6.45, 7) is 0. The summed E-state index contributed by atoms with van der Waals surface area (Å²) < 4.78 is 1.58. The predicted molar refractivity (Wildman–Crippen MR) is 103 cm³/mol. The van der Waals surface area contributed by atoms with Crippen LogP contribution in [0.3, 0.4) is 0 Å². The average molecular weight is 350 g/mol. The maximum absolute atomic E-state index is 13.2. The lowest BCUT2D eigenvalue weighted by molar-refractivity contribution is 0.992. The second-order valence-corrected chi connectivity index (χ2v) is 5.90. The first-order valence-electron chi connectivity index (χ1n) is 8.36. The highest BCUT2D eigenvalue weighted by Gasteiger charge is 2.14. The van der Waals surface area contributed by atoms with E-state index >= 15 is 0 Å². The van der Waals surface area contributed by atoms with Gasteiger partial charge in [-0.1, -0.05) is 36.4 Å². The normalized spacial score (nSPS) is 10.3. The third kappa shape index (κ3) is 3.12. The number of pyridine rings is 1. The van der Waals surface area contributed by atoms with E-state index in [0.29, 0.717) is 22.4 Å². The lowest BCUT2D eigenvalue weighted by Crippen LogP contribution is -2.20. The largest absolute Gasteiger partial charge is 0.283 e. The van der Waals surface area contributed by atoms with Crippen molar-refractivity contribution in [3.05, 3.63) is 101 Å². The van der Waals surface area contributed by atoms with Crippen LogP contribution in [0.5, 0.6) is 0 Å². The van der Waals surface area contributed by atoms with E-state index < -0.39 is 0 Å². The van der Waals surface area contributed by atoms with Crippen molar-refractivity contribution in [2.45, 2.75) is 0 Å². The van der Waals surface area contributed by atoms with Crippen LogP contribution in [-0.2, 0) is 0 Å². The molecule has 0 atom stereocenters. The third-order valence-electron chi connectivity index (χ3n) is 4.25. The van der Waals surface area contributed by atoms with Crippen molar-refractivity contribution in [3.63, 3.8) is 0 Å². The second-order valence-electron chi connectivity index (χ2n) is 5.90. The molecule has 0 saturated heterocycles. The highest BCUT2D eigenvalue weighted by atomic mass is 16.1. The van der Waals surface area contributed by atoms with Crippen LogP contribution < -0.4 is 5.56 Å². The fraction of sp³-hybridized carbons (Fsp3) is 0. The molecule has 0 aliphatic heterocycles. The van der Waals surface area contributed by atoms with Crippen molar-refractivity contribution >= 4 is 0 Å². The van der Waals surface area contributed by atoms with Gasteiger partial charge in [-0.2, -0.15) is 5.26 Å². The van der Waals surface area contributed by atoms with Gasteiger partial charge in [0.1, 0.15) is 0 Å². The average Bonchev–Trinajstić information content (AvgIpc) is 2.75. The number of nitrogens with zero attached hydrogens (tertiary/aromatic N) is 4. The Hall–Kier alpha value is -4.04. The predicted octanol–water partition coefficient (Wildman–Crippen LogP) is 3.83.